The Morgan fingerprint density at radius 3 is 2.68 bits per heavy atom. The van der Waals surface area contributed by atoms with Crippen LogP contribution >= 0.6 is 23.4 Å². The number of hydrogen-bond acceptors (Lipinski definition) is 7. The number of carbonyl (C=O) groups excluding carboxylic acids is 1. The molecule has 0 radical (unpaired) electrons. The molecule has 2 aromatic heterocycles. The molecule has 4 rings (SSSR count). The Morgan fingerprint density at radius 2 is 1.91 bits per heavy atom. The number of ether oxygens (including phenoxy) is 2. The van der Waals surface area contributed by atoms with Gasteiger partial charge in [0, 0.05) is 5.02 Å². The van der Waals surface area contributed by atoms with Crippen molar-refractivity contribution in [2.24, 2.45) is 0 Å². The predicted octanol–water partition coefficient (Wildman–Crippen LogP) is 5.28. The molecule has 10 heteroatoms. The third-order valence-corrected chi connectivity index (χ3v) is 5.88. The van der Waals surface area contributed by atoms with E-state index in [-0.39, 0.29) is 18.3 Å². The number of rotatable bonds is 11. The number of thioether (sulfide) groups is 1. The third kappa shape index (κ3) is 6.33. The summed E-state index contributed by atoms with van der Waals surface area (Å²) in [7, 11) is 0. The summed E-state index contributed by atoms with van der Waals surface area (Å²) in [5.74, 6) is 2.61. The van der Waals surface area contributed by atoms with Gasteiger partial charge in [0.25, 0.3) is 0 Å². The van der Waals surface area contributed by atoms with Gasteiger partial charge in [-0.3, -0.25) is 9.36 Å². The van der Waals surface area contributed by atoms with Crippen LogP contribution in [0.5, 0.6) is 11.5 Å². The summed E-state index contributed by atoms with van der Waals surface area (Å²) in [6, 6.07) is 18.1. The van der Waals surface area contributed by atoms with Gasteiger partial charge in [-0.2, -0.15) is 0 Å². The van der Waals surface area contributed by atoms with Crippen LogP contribution in [0.15, 0.2) is 76.5 Å². The number of anilines is 1. The van der Waals surface area contributed by atoms with E-state index in [1.54, 1.807) is 36.6 Å². The molecule has 1 N–H and O–H groups in total. The van der Waals surface area contributed by atoms with Crippen LogP contribution in [0.2, 0.25) is 5.02 Å². The molecule has 4 aromatic rings. The summed E-state index contributed by atoms with van der Waals surface area (Å²) < 4.78 is 18.8. The van der Waals surface area contributed by atoms with Crippen molar-refractivity contribution in [1.82, 2.24) is 14.8 Å². The molecule has 0 fully saturated rings. The van der Waals surface area contributed by atoms with Crippen molar-refractivity contribution in [3.8, 4) is 11.5 Å². The topological polar surface area (TPSA) is 91.4 Å². The average Bonchev–Trinajstić information content (AvgIpc) is 3.49. The minimum atomic E-state index is -0.177. The molecular formula is C24H23ClN4O4S. The van der Waals surface area contributed by atoms with E-state index in [0.717, 1.165) is 5.76 Å². The Hall–Kier alpha value is -3.43. The molecule has 34 heavy (non-hydrogen) atoms. The molecule has 0 aliphatic carbocycles. The van der Waals surface area contributed by atoms with Gasteiger partial charge in [-0.25, -0.2) is 0 Å². The van der Waals surface area contributed by atoms with Crippen LogP contribution in [0.1, 0.15) is 18.5 Å². The SMILES string of the molecule is CCOc1ccccc1NC(=O)CSc1nnc(COc2ccc(Cl)cc2)n1Cc1ccco1. The first kappa shape index (κ1) is 23.7. The number of furan rings is 1. The van der Waals surface area contributed by atoms with E-state index >= 15 is 0 Å². The summed E-state index contributed by atoms with van der Waals surface area (Å²) in [6.07, 6.45) is 1.61. The number of nitrogens with one attached hydrogen (secondary N) is 1. The highest BCUT2D eigenvalue weighted by Crippen LogP contribution is 2.25. The molecule has 0 spiro atoms. The molecule has 0 aliphatic rings. The monoisotopic (exact) mass is 498 g/mol. The molecule has 0 atom stereocenters. The molecule has 8 nitrogen and oxygen atoms in total. The van der Waals surface area contributed by atoms with Gasteiger partial charge in [-0.15, -0.1) is 10.2 Å². The Kier molecular flexibility index (Phi) is 8.11. The van der Waals surface area contributed by atoms with Crippen LogP contribution in [0.3, 0.4) is 0 Å². The van der Waals surface area contributed by atoms with Gasteiger partial charge in [0.15, 0.2) is 11.0 Å². The van der Waals surface area contributed by atoms with Gasteiger partial charge in [0.1, 0.15) is 23.9 Å². The van der Waals surface area contributed by atoms with E-state index in [0.29, 0.717) is 46.3 Å². The van der Waals surface area contributed by atoms with Crippen LogP contribution in [0.25, 0.3) is 0 Å². The Balaban J connectivity index is 1.44. The smallest absolute Gasteiger partial charge is 0.234 e. The summed E-state index contributed by atoms with van der Waals surface area (Å²) in [5.41, 5.74) is 0.629. The lowest BCUT2D eigenvalue weighted by atomic mass is 10.3. The van der Waals surface area contributed by atoms with E-state index in [1.165, 1.54) is 11.8 Å². The van der Waals surface area contributed by atoms with Gasteiger partial charge in [0.2, 0.25) is 5.91 Å². The minimum absolute atomic E-state index is 0.148. The summed E-state index contributed by atoms with van der Waals surface area (Å²) >= 11 is 7.22. The molecule has 2 heterocycles. The van der Waals surface area contributed by atoms with Crippen molar-refractivity contribution in [3.05, 3.63) is 83.5 Å². The molecule has 1 amide bonds. The highest BCUT2D eigenvalue weighted by atomic mass is 35.5. The minimum Gasteiger partial charge on any atom is -0.492 e. The zero-order valence-electron chi connectivity index (χ0n) is 18.4. The lowest BCUT2D eigenvalue weighted by Gasteiger charge is -2.12. The highest BCUT2D eigenvalue weighted by Gasteiger charge is 2.17. The predicted molar refractivity (Wildman–Crippen MR) is 131 cm³/mol. The number of amides is 1. The van der Waals surface area contributed by atoms with Crippen LogP contribution in [0, 0.1) is 0 Å². The van der Waals surface area contributed by atoms with Crippen molar-refractivity contribution in [2.75, 3.05) is 17.7 Å². The highest BCUT2D eigenvalue weighted by molar-refractivity contribution is 7.99. The van der Waals surface area contributed by atoms with Crippen LogP contribution < -0.4 is 14.8 Å². The standard InChI is InChI=1S/C24H23ClN4O4S/c1-2-31-21-8-4-3-7-20(21)26-23(30)16-34-24-28-27-22(29(24)14-19-6-5-13-32-19)15-33-18-11-9-17(25)10-12-18/h3-13H,2,14-16H2,1H3,(H,26,30). The van der Waals surface area contributed by atoms with Gasteiger partial charge in [-0.1, -0.05) is 35.5 Å². The van der Waals surface area contributed by atoms with Crippen molar-refractivity contribution >= 4 is 35.0 Å². The van der Waals surface area contributed by atoms with Crippen molar-refractivity contribution < 1.29 is 18.7 Å². The molecule has 0 saturated heterocycles. The van der Waals surface area contributed by atoms with Crippen molar-refractivity contribution in [2.45, 2.75) is 25.2 Å². The number of para-hydroxylation sites is 2. The number of halogens is 1. The molecule has 0 bridgehead atoms. The number of hydrogen-bond donors (Lipinski definition) is 1. The first-order chi connectivity index (χ1) is 16.6. The number of nitrogens with zero attached hydrogens (tertiary/aromatic N) is 3. The zero-order chi connectivity index (χ0) is 23.8. The van der Waals surface area contributed by atoms with Crippen LogP contribution in [-0.4, -0.2) is 33.0 Å². The fraction of sp³-hybridized carbons (Fsp3) is 0.208. The molecule has 0 saturated carbocycles. The summed E-state index contributed by atoms with van der Waals surface area (Å²) in [5, 5.41) is 12.7. The Morgan fingerprint density at radius 1 is 1.09 bits per heavy atom. The fourth-order valence-corrected chi connectivity index (χ4v) is 3.98. The summed E-state index contributed by atoms with van der Waals surface area (Å²) in [4.78, 5) is 12.6. The average molecular weight is 499 g/mol. The second-order valence-corrected chi connectivity index (χ2v) is 8.45. The molecule has 2 aromatic carbocycles. The second-order valence-electron chi connectivity index (χ2n) is 7.07. The van der Waals surface area contributed by atoms with E-state index in [1.807, 2.05) is 41.8 Å². The van der Waals surface area contributed by atoms with E-state index in [2.05, 4.69) is 15.5 Å². The zero-order valence-corrected chi connectivity index (χ0v) is 20.0. The normalized spacial score (nSPS) is 10.8. The lowest BCUT2D eigenvalue weighted by molar-refractivity contribution is -0.113. The maximum absolute atomic E-state index is 12.6. The van der Waals surface area contributed by atoms with Crippen molar-refractivity contribution in [3.63, 3.8) is 0 Å². The van der Waals surface area contributed by atoms with Gasteiger partial charge >= 0.3 is 0 Å². The Labute approximate surface area is 206 Å². The maximum Gasteiger partial charge on any atom is 0.234 e. The summed E-state index contributed by atoms with van der Waals surface area (Å²) in [6.45, 7) is 3.02. The van der Waals surface area contributed by atoms with Gasteiger partial charge < -0.3 is 19.2 Å². The quantitative estimate of drug-likeness (QED) is 0.281. The third-order valence-electron chi connectivity index (χ3n) is 4.66. The lowest BCUT2D eigenvalue weighted by Crippen LogP contribution is -2.16. The molecule has 176 valence electrons. The largest absolute Gasteiger partial charge is 0.492 e. The molecular weight excluding hydrogens is 476 g/mol. The van der Waals surface area contributed by atoms with Crippen LogP contribution in [-0.2, 0) is 17.9 Å². The second kappa shape index (κ2) is 11.6. The van der Waals surface area contributed by atoms with E-state index in [4.69, 9.17) is 25.5 Å². The fourth-order valence-electron chi connectivity index (χ4n) is 3.10. The first-order valence-corrected chi connectivity index (χ1v) is 12.0. The number of aromatic nitrogens is 3. The van der Waals surface area contributed by atoms with Gasteiger partial charge in [0.05, 0.1) is 30.9 Å². The molecule has 0 unspecified atom stereocenters. The van der Waals surface area contributed by atoms with E-state index in [9.17, 15) is 4.79 Å². The van der Waals surface area contributed by atoms with Crippen molar-refractivity contribution in [1.29, 1.82) is 0 Å². The maximum atomic E-state index is 12.6. The Bertz CT molecular complexity index is 1210. The number of carbonyl (C=O) groups is 1. The van der Waals surface area contributed by atoms with Crippen LogP contribution in [0.4, 0.5) is 5.69 Å². The number of benzene rings is 2. The van der Waals surface area contributed by atoms with E-state index < -0.39 is 0 Å². The molecule has 0 aliphatic heterocycles. The van der Waals surface area contributed by atoms with Gasteiger partial charge in [-0.05, 0) is 55.5 Å². The first-order valence-electron chi connectivity index (χ1n) is 10.6.